The van der Waals surface area contributed by atoms with Crippen LogP contribution in [0.3, 0.4) is 0 Å². The standard InChI is InChI=1S/C13H15NO3/c14-9-5-2-1-4-8(9)13(17)12-10(15)6-3-7-11(12)16/h1-2,4-5,12-13,17H,3,6-7,14H2. The van der Waals surface area contributed by atoms with Crippen LogP contribution < -0.4 is 5.73 Å². The molecule has 0 bridgehead atoms. The highest BCUT2D eigenvalue weighted by atomic mass is 16.3. The van der Waals surface area contributed by atoms with E-state index in [-0.39, 0.29) is 11.6 Å². The van der Waals surface area contributed by atoms with Gasteiger partial charge in [0.1, 0.15) is 17.5 Å². The van der Waals surface area contributed by atoms with Gasteiger partial charge in [-0.1, -0.05) is 18.2 Å². The maximum absolute atomic E-state index is 11.7. The normalized spacial score (nSPS) is 19.4. The Morgan fingerprint density at radius 3 is 2.35 bits per heavy atom. The third-order valence-corrected chi connectivity index (χ3v) is 3.17. The van der Waals surface area contributed by atoms with Gasteiger partial charge in [0.15, 0.2) is 0 Å². The highest BCUT2D eigenvalue weighted by molar-refractivity contribution is 6.05. The van der Waals surface area contributed by atoms with Gasteiger partial charge < -0.3 is 10.8 Å². The number of rotatable bonds is 2. The first-order valence-electron chi connectivity index (χ1n) is 5.69. The van der Waals surface area contributed by atoms with Crippen molar-refractivity contribution in [2.75, 3.05) is 5.73 Å². The summed E-state index contributed by atoms with van der Waals surface area (Å²) in [6.45, 7) is 0. The molecule has 0 saturated heterocycles. The molecule has 0 heterocycles. The molecule has 1 aliphatic carbocycles. The number of ketones is 2. The Labute approximate surface area is 99.4 Å². The molecular formula is C13H15NO3. The van der Waals surface area contributed by atoms with Crippen LogP contribution >= 0.6 is 0 Å². The van der Waals surface area contributed by atoms with Crippen LogP contribution in [0.2, 0.25) is 0 Å². The van der Waals surface area contributed by atoms with Crippen LogP contribution in [0, 0.1) is 5.92 Å². The molecule has 0 radical (unpaired) electrons. The maximum Gasteiger partial charge on any atom is 0.146 e. The maximum atomic E-state index is 11.7. The zero-order valence-electron chi connectivity index (χ0n) is 9.43. The van der Waals surface area contributed by atoms with E-state index in [1.807, 2.05) is 0 Å². The van der Waals surface area contributed by atoms with Gasteiger partial charge in [-0.2, -0.15) is 0 Å². The van der Waals surface area contributed by atoms with E-state index in [4.69, 9.17) is 5.73 Å². The molecule has 0 aliphatic heterocycles. The van der Waals surface area contributed by atoms with Crippen molar-refractivity contribution in [2.45, 2.75) is 25.4 Å². The first-order valence-corrected chi connectivity index (χ1v) is 5.69. The summed E-state index contributed by atoms with van der Waals surface area (Å²) in [6, 6.07) is 6.77. The number of benzene rings is 1. The van der Waals surface area contributed by atoms with Gasteiger partial charge in [-0.15, -0.1) is 0 Å². The van der Waals surface area contributed by atoms with E-state index in [1.165, 1.54) is 0 Å². The average molecular weight is 233 g/mol. The molecule has 17 heavy (non-hydrogen) atoms. The molecule has 0 spiro atoms. The summed E-state index contributed by atoms with van der Waals surface area (Å²) in [5, 5.41) is 10.1. The number of para-hydroxylation sites is 1. The van der Waals surface area contributed by atoms with Gasteiger partial charge >= 0.3 is 0 Å². The average Bonchev–Trinajstić information content (AvgIpc) is 2.29. The Morgan fingerprint density at radius 2 is 1.76 bits per heavy atom. The molecule has 2 rings (SSSR count). The predicted octanol–water partition coefficient (Wildman–Crippen LogP) is 1.24. The quantitative estimate of drug-likeness (QED) is 0.595. The van der Waals surface area contributed by atoms with E-state index in [2.05, 4.69) is 0 Å². The van der Waals surface area contributed by atoms with Crippen LogP contribution in [0.4, 0.5) is 5.69 Å². The van der Waals surface area contributed by atoms with Crippen LogP contribution in [0.5, 0.6) is 0 Å². The molecule has 1 aliphatic rings. The van der Waals surface area contributed by atoms with Crippen molar-refractivity contribution in [3.8, 4) is 0 Å². The Hall–Kier alpha value is -1.68. The molecule has 4 nitrogen and oxygen atoms in total. The van der Waals surface area contributed by atoms with E-state index in [0.717, 1.165) is 0 Å². The second-order valence-electron chi connectivity index (χ2n) is 4.34. The number of nitrogen functional groups attached to an aromatic ring is 1. The predicted molar refractivity (Wildman–Crippen MR) is 63.2 cm³/mol. The lowest BCUT2D eigenvalue weighted by atomic mass is 9.80. The van der Waals surface area contributed by atoms with Gasteiger partial charge in [0.25, 0.3) is 0 Å². The molecule has 1 unspecified atom stereocenters. The number of aliphatic hydroxyl groups is 1. The van der Waals surface area contributed by atoms with Crippen LogP contribution in [-0.2, 0) is 9.59 Å². The Balaban J connectivity index is 2.30. The smallest absolute Gasteiger partial charge is 0.146 e. The summed E-state index contributed by atoms with van der Waals surface area (Å²) in [6.07, 6.45) is 0.197. The van der Waals surface area contributed by atoms with Crippen molar-refractivity contribution in [1.29, 1.82) is 0 Å². The van der Waals surface area contributed by atoms with Gasteiger partial charge in [0.2, 0.25) is 0 Å². The number of anilines is 1. The van der Waals surface area contributed by atoms with Gasteiger partial charge in [-0.25, -0.2) is 0 Å². The van der Waals surface area contributed by atoms with Crippen LogP contribution in [0.25, 0.3) is 0 Å². The molecule has 4 heteroatoms. The lowest BCUT2D eigenvalue weighted by Crippen LogP contribution is -2.34. The van der Waals surface area contributed by atoms with E-state index in [0.29, 0.717) is 30.5 Å². The molecule has 1 atom stereocenters. The number of carbonyl (C=O) groups excluding carboxylic acids is 2. The lowest BCUT2D eigenvalue weighted by molar-refractivity contribution is -0.140. The molecule has 1 aromatic carbocycles. The summed E-state index contributed by atoms with van der Waals surface area (Å²) >= 11 is 0. The number of Topliss-reactive ketones (excluding diaryl/α,β-unsaturated/α-hetero) is 2. The summed E-state index contributed by atoms with van der Waals surface area (Å²) < 4.78 is 0. The van der Waals surface area contributed by atoms with E-state index in [1.54, 1.807) is 24.3 Å². The number of hydrogen-bond acceptors (Lipinski definition) is 4. The summed E-state index contributed by atoms with van der Waals surface area (Å²) in [4.78, 5) is 23.4. The Kier molecular flexibility index (Phi) is 3.24. The van der Waals surface area contributed by atoms with E-state index < -0.39 is 12.0 Å². The zero-order chi connectivity index (χ0) is 12.4. The number of carbonyl (C=O) groups is 2. The second-order valence-corrected chi connectivity index (χ2v) is 4.34. The zero-order valence-corrected chi connectivity index (χ0v) is 9.43. The fourth-order valence-electron chi connectivity index (χ4n) is 2.24. The number of nitrogens with two attached hydrogens (primary N) is 1. The largest absolute Gasteiger partial charge is 0.398 e. The van der Waals surface area contributed by atoms with Crippen molar-refractivity contribution >= 4 is 17.3 Å². The van der Waals surface area contributed by atoms with Crippen molar-refractivity contribution < 1.29 is 14.7 Å². The molecule has 0 amide bonds. The minimum atomic E-state index is -1.11. The highest BCUT2D eigenvalue weighted by Crippen LogP contribution is 2.32. The fraction of sp³-hybridized carbons (Fsp3) is 0.385. The van der Waals surface area contributed by atoms with Crippen molar-refractivity contribution in [1.82, 2.24) is 0 Å². The summed E-state index contributed by atoms with van der Waals surface area (Å²) in [7, 11) is 0. The van der Waals surface area contributed by atoms with Crippen molar-refractivity contribution in [3.05, 3.63) is 29.8 Å². The van der Waals surface area contributed by atoms with Crippen molar-refractivity contribution in [3.63, 3.8) is 0 Å². The van der Waals surface area contributed by atoms with Crippen LogP contribution in [-0.4, -0.2) is 16.7 Å². The topological polar surface area (TPSA) is 80.4 Å². The fourth-order valence-corrected chi connectivity index (χ4v) is 2.24. The van der Waals surface area contributed by atoms with Gasteiger partial charge in [0.05, 0.1) is 6.10 Å². The minimum absolute atomic E-state index is 0.183. The van der Waals surface area contributed by atoms with E-state index >= 15 is 0 Å². The van der Waals surface area contributed by atoms with Gasteiger partial charge in [-0.05, 0) is 12.5 Å². The Morgan fingerprint density at radius 1 is 1.18 bits per heavy atom. The minimum Gasteiger partial charge on any atom is -0.398 e. The molecule has 1 aromatic rings. The molecule has 3 N–H and O–H groups in total. The molecule has 1 saturated carbocycles. The number of aliphatic hydroxyl groups excluding tert-OH is 1. The molecule has 1 fully saturated rings. The highest BCUT2D eigenvalue weighted by Gasteiger charge is 2.37. The molecular weight excluding hydrogens is 218 g/mol. The first kappa shape index (κ1) is 11.8. The number of hydrogen-bond donors (Lipinski definition) is 2. The SMILES string of the molecule is Nc1ccccc1C(O)C1C(=O)CCCC1=O. The third kappa shape index (κ3) is 2.22. The van der Waals surface area contributed by atoms with Crippen molar-refractivity contribution in [2.24, 2.45) is 5.92 Å². The molecule has 0 aromatic heterocycles. The third-order valence-electron chi connectivity index (χ3n) is 3.17. The second kappa shape index (κ2) is 4.67. The van der Waals surface area contributed by atoms with Gasteiger partial charge in [0, 0.05) is 24.1 Å². The van der Waals surface area contributed by atoms with E-state index in [9.17, 15) is 14.7 Å². The first-order chi connectivity index (χ1) is 8.11. The van der Waals surface area contributed by atoms with Crippen LogP contribution in [0.15, 0.2) is 24.3 Å². The van der Waals surface area contributed by atoms with Gasteiger partial charge in [-0.3, -0.25) is 9.59 Å². The monoisotopic (exact) mass is 233 g/mol. The summed E-state index contributed by atoms with van der Waals surface area (Å²) in [5.41, 5.74) is 6.60. The molecule has 90 valence electrons. The summed E-state index contributed by atoms with van der Waals surface area (Å²) in [5.74, 6) is -1.30. The van der Waals surface area contributed by atoms with Crippen LogP contribution in [0.1, 0.15) is 30.9 Å². The lowest BCUT2D eigenvalue weighted by Gasteiger charge is -2.25. The Bertz CT molecular complexity index is 440.